The lowest BCUT2D eigenvalue weighted by Crippen LogP contribution is -2.45. The van der Waals surface area contributed by atoms with Crippen molar-refractivity contribution in [2.24, 2.45) is 0 Å². The summed E-state index contributed by atoms with van der Waals surface area (Å²) in [4.78, 5) is 25.3. The lowest BCUT2D eigenvalue weighted by molar-refractivity contribution is -0.870. The van der Waals surface area contributed by atoms with Crippen LogP contribution < -0.4 is 10.2 Å². The van der Waals surface area contributed by atoms with Gasteiger partial charge in [0.25, 0.3) is 7.82 Å². The molecule has 0 heterocycles. The molecular formula is C48H93N2O6P. The highest BCUT2D eigenvalue weighted by molar-refractivity contribution is 7.45. The predicted octanol–water partition coefficient (Wildman–Crippen LogP) is 12.8. The molecule has 0 radical (unpaired) electrons. The topological polar surface area (TPSA) is 108 Å². The molecule has 0 saturated heterocycles. The highest BCUT2D eigenvalue weighted by atomic mass is 31.2. The quantitative estimate of drug-likeness (QED) is 0.0274. The maximum absolute atomic E-state index is 12.9. The van der Waals surface area contributed by atoms with Gasteiger partial charge in [-0.1, -0.05) is 198 Å². The number of phosphoric acid groups is 1. The number of phosphoric ester groups is 1. The average molecular weight is 825 g/mol. The number of likely N-dealkylation sites (N-methyl/N-ethyl adjacent to an activating group) is 1. The van der Waals surface area contributed by atoms with Crippen LogP contribution in [-0.2, 0) is 18.4 Å². The molecule has 0 saturated carbocycles. The van der Waals surface area contributed by atoms with Gasteiger partial charge in [-0.15, -0.1) is 0 Å². The normalized spacial score (nSPS) is 14.6. The van der Waals surface area contributed by atoms with Crippen LogP contribution in [0.1, 0.15) is 213 Å². The summed E-state index contributed by atoms with van der Waals surface area (Å²) in [6.07, 6.45) is 49.1. The third-order valence-electron chi connectivity index (χ3n) is 10.6. The van der Waals surface area contributed by atoms with Gasteiger partial charge in [-0.25, -0.2) is 0 Å². The average Bonchev–Trinajstić information content (AvgIpc) is 3.16. The van der Waals surface area contributed by atoms with Gasteiger partial charge in [0.15, 0.2) is 0 Å². The molecule has 0 spiro atoms. The van der Waals surface area contributed by atoms with Gasteiger partial charge in [0.2, 0.25) is 5.91 Å². The Bertz CT molecular complexity index is 1030. The van der Waals surface area contributed by atoms with Gasteiger partial charge in [-0.2, -0.15) is 0 Å². The Morgan fingerprint density at radius 1 is 0.596 bits per heavy atom. The summed E-state index contributed by atoms with van der Waals surface area (Å²) < 4.78 is 23.2. The van der Waals surface area contributed by atoms with Gasteiger partial charge in [0.05, 0.1) is 39.9 Å². The van der Waals surface area contributed by atoms with Crippen LogP contribution in [0.5, 0.6) is 0 Å². The van der Waals surface area contributed by atoms with Crippen LogP contribution in [0.15, 0.2) is 36.5 Å². The second-order valence-electron chi connectivity index (χ2n) is 17.5. The molecule has 1 amide bonds. The molecule has 0 aliphatic heterocycles. The lowest BCUT2D eigenvalue weighted by Gasteiger charge is -2.29. The number of aliphatic hydroxyl groups is 1. The van der Waals surface area contributed by atoms with Gasteiger partial charge >= 0.3 is 0 Å². The zero-order valence-corrected chi connectivity index (χ0v) is 38.9. The number of amides is 1. The summed E-state index contributed by atoms with van der Waals surface area (Å²) in [6, 6.07) is -0.906. The Labute approximate surface area is 353 Å². The van der Waals surface area contributed by atoms with Crippen LogP contribution in [-0.4, -0.2) is 68.5 Å². The molecule has 0 aliphatic carbocycles. The fraction of sp³-hybridized carbons (Fsp3) is 0.854. The fourth-order valence-corrected chi connectivity index (χ4v) is 7.50. The first kappa shape index (κ1) is 55.7. The molecule has 0 fully saturated rings. The molecule has 3 unspecified atom stereocenters. The summed E-state index contributed by atoms with van der Waals surface area (Å²) in [6.45, 7) is 4.62. The molecule has 0 aromatic carbocycles. The number of carbonyl (C=O) groups is 1. The van der Waals surface area contributed by atoms with Gasteiger partial charge in [0, 0.05) is 6.42 Å². The Balaban J connectivity index is 4.44. The van der Waals surface area contributed by atoms with E-state index in [2.05, 4.69) is 43.5 Å². The first-order valence-electron chi connectivity index (χ1n) is 23.9. The predicted molar refractivity (Wildman–Crippen MR) is 242 cm³/mol. The summed E-state index contributed by atoms with van der Waals surface area (Å²) in [5.74, 6) is -0.210. The van der Waals surface area contributed by atoms with E-state index in [4.69, 9.17) is 9.05 Å². The summed E-state index contributed by atoms with van der Waals surface area (Å²) in [7, 11) is 1.24. The number of hydrogen-bond acceptors (Lipinski definition) is 6. The van der Waals surface area contributed by atoms with Crippen molar-refractivity contribution in [1.82, 2.24) is 5.32 Å². The number of rotatable bonds is 43. The highest BCUT2D eigenvalue weighted by Gasteiger charge is 2.23. The van der Waals surface area contributed by atoms with Gasteiger partial charge in [-0.3, -0.25) is 9.36 Å². The van der Waals surface area contributed by atoms with Crippen molar-refractivity contribution in [3.63, 3.8) is 0 Å². The number of unbranched alkanes of at least 4 members (excludes halogenated alkanes) is 26. The standard InChI is InChI=1S/C48H93N2O6P/c1-6-8-10-12-14-16-18-20-22-23-24-25-26-28-29-31-33-35-37-39-41-47(51)46(45-56-57(53,54)55-44-43-50(3,4)5)49-48(52)42-40-38-36-34-32-30-27-21-19-17-15-13-11-9-7-2/h25-26,31,33,39,41,46-47,51H,6-24,27-30,32,34-38,40,42-45H2,1-5H3,(H-,49,52,53,54)/b26-25+,33-31+,41-39+. The maximum atomic E-state index is 12.9. The number of nitrogens with one attached hydrogen (secondary N) is 1. The number of carbonyl (C=O) groups excluding carboxylic acids is 1. The molecule has 57 heavy (non-hydrogen) atoms. The van der Waals surface area contributed by atoms with Crippen LogP contribution in [0.3, 0.4) is 0 Å². The number of quaternary nitrogens is 1. The van der Waals surface area contributed by atoms with E-state index in [0.717, 1.165) is 44.9 Å². The monoisotopic (exact) mass is 825 g/mol. The van der Waals surface area contributed by atoms with E-state index < -0.39 is 26.6 Å². The molecule has 3 atom stereocenters. The van der Waals surface area contributed by atoms with Crippen molar-refractivity contribution in [3.05, 3.63) is 36.5 Å². The Kier molecular flexibility index (Phi) is 39.2. The SMILES string of the molecule is CCCCCCCCCCCC/C=C/CC/C=C/CC/C=C/C(O)C(COP(=O)([O-])OCC[N+](C)(C)C)NC(=O)CCCCCCCCCCCCCCCCC. The van der Waals surface area contributed by atoms with Crippen molar-refractivity contribution in [2.75, 3.05) is 40.9 Å². The summed E-state index contributed by atoms with van der Waals surface area (Å²) in [5.41, 5.74) is 0. The molecule has 0 bridgehead atoms. The van der Waals surface area contributed by atoms with Gasteiger partial charge in [0.1, 0.15) is 13.2 Å². The van der Waals surface area contributed by atoms with E-state index in [0.29, 0.717) is 17.4 Å². The van der Waals surface area contributed by atoms with Crippen LogP contribution in [0.4, 0.5) is 0 Å². The van der Waals surface area contributed by atoms with Crippen LogP contribution >= 0.6 is 7.82 Å². The van der Waals surface area contributed by atoms with E-state index in [-0.39, 0.29) is 12.5 Å². The number of hydrogen-bond donors (Lipinski definition) is 2. The number of nitrogens with zero attached hydrogens (tertiary/aromatic N) is 1. The minimum absolute atomic E-state index is 0.00778. The molecule has 336 valence electrons. The van der Waals surface area contributed by atoms with E-state index in [1.165, 1.54) is 148 Å². The largest absolute Gasteiger partial charge is 0.756 e. The van der Waals surface area contributed by atoms with Gasteiger partial charge in [-0.05, 0) is 44.9 Å². The molecule has 0 rings (SSSR count). The second-order valence-corrected chi connectivity index (χ2v) is 18.9. The van der Waals surface area contributed by atoms with Crippen LogP contribution in [0, 0.1) is 0 Å². The number of allylic oxidation sites excluding steroid dienone is 5. The Morgan fingerprint density at radius 2 is 0.982 bits per heavy atom. The first-order valence-corrected chi connectivity index (χ1v) is 25.3. The molecule has 0 aromatic rings. The minimum Gasteiger partial charge on any atom is -0.756 e. The third kappa shape index (κ3) is 42.6. The molecule has 0 aromatic heterocycles. The minimum atomic E-state index is -4.60. The second kappa shape index (κ2) is 40.1. The Hall–Kier alpha value is -1.28. The number of aliphatic hydroxyl groups excluding tert-OH is 1. The van der Waals surface area contributed by atoms with Gasteiger partial charge < -0.3 is 28.8 Å². The van der Waals surface area contributed by atoms with E-state index in [9.17, 15) is 19.4 Å². The molecule has 2 N–H and O–H groups in total. The molecule has 0 aliphatic rings. The fourth-order valence-electron chi connectivity index (χ4n) is 6.77. The van der Waals surface area contributed by atoms with E-state index in [1.807, 2.05) is 27.2 Å². The van der Waals surface area contributed by atoms with E-state index >= 15 is 0 Å². The van der Waals surface area contributed by atoms with Crippen molar-refractivity contribution < 1.29 is 32.9 Å². The molecular weight excluding hydrogens is 732 g/mol. The Morgan fingerprint density at radius 3 is 1.42 bits per heavy atom. The third-order valence-corrected chi connectivity index (χ3v) is 11.5. The lowest BCUT2D eigenvalue weighted by atomic mass is 10.0. The summed E-state index contributed by atoms with van der Waals surface area (Å²) >= 11 is 0. The summed E-state index contributed by atoms with van der Waals surface area (Å²) in [5, 5.41) is 13.8. The molecule has 9 heteroatoms. The van der Waals surface area contributed by atoms with Crippen molar-refractivity contribution in [2.45, 2.75) is 225 Å². The zero-order chi connectivity index (χ0) is 42.1. The van der Waals surface area contributed by atoms with Crippen LogP contribution in [0.25, 0.3) is 0 Å². The molecule has 8 nitrogen and oxygen atoms in total. The van der Waals surface area contributed by atoms with Crippen molar-refractivity contribution in [3.8, 4) is 0 Å². The smallest absolute Gasteiger partial charge is 0.268 e. The van der Waals surface area contributed by atoms with Crippen LogP contribution in [0.2, 0.25) is 0 Å². The first-order chi connectivity index (χ1) is 27.5. The maximum Gasteiger partial charge on any atom is 0.268 e. The van der Waals surface area contributed by atoms with Crippen molar-refractivity contribution >= 4 is 13.7 Å². The van der Waals surface area contributed by atoms with E-state index in [1.54, 1.807) is 6.08 Å². The zero-order valence-electron chi connectivity index (χ0n) is 38.0. The van der Waals surface area contributed by atoms with Crippen molar-refractivity contribution in [1.29, 1.82) is 0 Å². The highest BCUT2D eigenvalue weighted by Crippen LogP contribution is 2.38.